The third-order valence-electron chi connectivity index (χ3n) is 4.50. The van der Waals surface area contributed by atoms with Gasteiger partial charge in [-0.3, -0.25) is 4.90 Å². The monoisotopic (exact) mass is 268 g/mol. The van der Waals surface area contributed by atoms with E-state index in [2.05, 4.69) is 23.6 Å². The van der Waals surface area contributed by atoms with Crippen LogP contribution in [0.5, 0.6) is 0 Å². The zero-order valence-corrected chi connectivity index (χ0v) is 12.4. The first kappa shape index (κ1) is 14.9. The molecule has 110 valence electrons. The second-order valence-corrected chi connectivity index (χ2v) is 6.35. The van der Waals surface area contributed by atoms with Crippen molar-refractivity contribution in [3.63, 3.8) is 0 Å². The van der Waals surface area contributed by atoms with Crippen LogP contribution in [0.15, 0.2) is 0 Å². The molecule has 0 amide bonds. The highest BCUT2D eigenvalue weighted by atomic mass is 16.5. The summed E-state index contributed by atoms with van der Waals surface area (Å²) in [6.07, 6.45) is 4.48. The van der Waals surface area contributed by atoms with Crippen LogP contribution in [-0.4, -0.2) is 68.1 Å². The molecule has 0 bridgehead atoms. The summed E-state index contributed by atoms with van der Waals surface area (Å²) in [5.41, 5.74) is -0.158. The Hall–Kier alpha value is -0.450. The number of ether oxygens (including phenoxy) is 1. The largest absolute Gasteiger partial charge is 0.379 e. The van der Waals surface area contributed by atoms with Crippen LogP contribution in [0.3, 0.4) is 0 Å². The van der Waals surface area contributed by atoms with Crippen molar-refractivity contribution < 1.29 is 9.53 Å². The summed E-state index contributed by atoms with van der Waals surface area (Å²) >= 11 is 0. The number of likely N-dealkylation sites (tertiary alicyclic amines) is 1. The van der Waals surface area contributed by atoms with Gasteiger partial charge in [0.2, 0.25) is 0 Å². The number of carbonyl (C=O) groups is 1. The van der Waals surface area contributed by atoms with Gasteiger partial charge in [-0.25, -0.2) is 0 Å². The lowest BCUT2D eigenvalue weighted by molar-refractivity contribution is -0.116. The molecule has 4 heteroatoms. The van der Waals surface area contributed by atoms with Gasteiger partial charge in [-0.2, -0.15) is 0 Å². The molecule has 2 aliphatic rings. The molecule has 0 N–H and O–H groups in total. The number of nitrogens with zero attached hydrogens (tertiary/aromatic N) is 2. The van der Waals surface area contributed by atoms with Crippen LogP contribution in [0, 0.1) is 5.41 Å². The number of rotatable bonds is 6. The smallest absolute Gasteiger partial charge is 0.127 e. The minimum atomic E-state index is -0.158. The molecule has 0 aromatic carbocycles. The van der Waals surface area contributed by atoms with Crippen LogP contribution in [0.25, 0.3) is 0 Å². The summed E-state index contributed by atoms with van der Waals surface area (Å²) in [7, 11) is 0. The first-order chi connectivity index (χ1) is 9.17. The lowest BCUT2D eigenvalue weighted by Crippen LogP contribution is -2.45. The lowest BCUT2D eigenvalue weighted by atomic mass is 9.87. The van der Waals surface area contributed by atoms with Crippen molar-refractivity contribution in [2.45, 2.75) is 39.2 Å². The SMILES string of the molecule is CCCC(C)(C=O)CN1CCC(N2CCOCC2)C1. The molecule has 2 fully saturated rings. The molecule has 19 heavy (non-hydrogen) atoms. The highest BCUT2D eigenvalue weighted by Crippen LogP contribution is 2.25. The predicted octanol–water partition coefficient (Wildman–Crippen LogP) is 1.40. The number of morpholine rings is 1. The second kappa shape index (κ2) is 6.82. The molecule has 0 saturated carbocycles. The molecule has 0 radical (unpaired) electrons. The van der Waals surface area contributed by atoms with E-state index < -0.39 is 0 Å². The van der Waals surface area contributed by atoms with E-state index in [1.807, 2.05) is 0 Å². The summed E-state index contributed by atoms with van der Waals surface area (Å²) < 4.78 is 5.41. The third-order valence-corrected chi connectivity index (χ3v) is 4.50. The van der Waals surface area contributed by atoms with Crippen LogP contribution in [0.2, 0.25) is 0 Å². The highest BCUT2D eigenvalue weighted by molar-refractivity contribution is 5.59. The molecule has 0 aliphatic carbocycles. The van der Waals surface area contributed by atoms with E-state index in [1.54, 1.807) is 0 Å². The Balaban J connectivity index is 1.82. The van der Waals surface area contributed by atoms with Gasteiger partial charge in [0.05, 0.1) is 13.2 Å². The van der Waals surface area contributed by atoms with Crippen LogP contribution < -0.4 is 0 Å². The number of hydrogen-bond donors (Lipinski definition) is 0. The third kappa shape index (κ3) is 4.01. The first-order valence-electron chi connectivity index (χ1n) is 7.67. The average Bonchev–Trinajstić information content (AvgIpc) is 2.88. The molecule has 2 saturated heterocycles. The van der Waals surface area contributed by atoms with Gasteiger partial charge in [0.1, 0.15) is 6.29 Å². The fourth-order valence-electron chi connectivity index (χ4n) is 3.45. The minimum absolute atomic E-state index is 0.158. The van der Waals surface area contributed by atoms with Gasteiger partial charge in [-0.15, -0.1) is 0 Å². The Kier molecular flexibility index (Phi) is 5.37. The zero-order valence-electron chi connectivity index (χ0n) is 12.4. The van der Waals surface area contributed by atoms with Crippen LogP contribution in [0.4, 0.5) is 0 Å². The maximum atomic E-state index is 11.3. The quantitative estimate of drug-likeness (QED) is 0.682. The molecule has 2 rings (SSSR count). The number of aldehydes is 1. The molecule has 2 atom stereocenters. The summed E-state index contributed by atoms with van der Waals surface area (Å²) in [6, 6.07) is 0.668. The van der Waals surface area contributed by atoms with Crippen molar-refractivity contribution in [1.29, 1.82) is 0 Å². The summed E-state index contributed by atoms with van der Waals surface area (Å²) in [6.45, 7) is 11.3. The summed E-state index contributed by atoms with van der Waals surface area (Å²) in [5, 5.41) is 0. The van der Waals surface area contributed by atoms with E-state index >= 15 is 0 Å². The number of hydrogen-bond acceptors (Lipinski definition) is 4. The van der Waals surface area contributed by atoms with Crippen molar-refractivity contribution in [1.82, 2.24) is 9.80 Å². The van der Waals surface area contributed by atoms with Crippen molar-refractivity contribution in [3.8, 4) is 0 Å². The maximum absolute atomic E-state index is 11.3. The van der Waals surface area contributed by atoms with Crippen LogP contribution >= 0.6 is 0 Å². The molecular weight excluding hydrogens is 240 g/mol. The molecule has 4 nitrogen and oxygen atoms in total. The van der Waals surface area contributed by atoms with E-state index in [1.165, 1.54) is 12.7 Å². The Bertz CT molecular complexity index is 292. The van der Waals surface area contributed by atoms with E-state index in [0.29, 0.717) is 6.04 Å². The Morgan fingerprint density at radius 2 is 2.05 bits per heavy atom. The van der Waals surface area contributed by atoms with E-state index in [9.17, 15) is 4.79 Å². The van der Waals surface area contributed by atoms with Gasteiger partial charge >= 0.3 is 0 Å². The molecule has 0 aromatic rings. The van der Waals surface area contributed by atoms with Gasteiger partial charge in [-0.1, -0.05) is 20.3 Å². The van der Waals surface area contributed by atoms with Gasteiger partial charge in [0.25, 0.3) is 0 Å². The molecule has 2 heterocycles. The van der Waals surface area contributed by atoms with Crippen molar-refractivity contribution in [2.24, 2.45) is 5.41 Å². The molecule has 2 aliphatic heterocycles. The van der Waals surface area contributed by atoms with Gasteiger partial charge in [-0.05, 0) is 19.4 Å². The minimum Gasteiger partial charge on any atom is -0.379 e. The van der Waals surface area contributed by atoms with Gasteiger partial charge in [0, 0.05) is 37.6 Å². The fraction of sp³-hybridized carbons (Fsp3) is 0.933. The molecule has 0 spiro atoms. The van der Waals surface area contributed by atoms with Crippen LogP contribution in [0.1, 0.15) is 33.1 Å². The van der Waals surface area contributed by atoms with Gasteiger partial charge < -0.3 is 14.4 Å². The first-order valence-corrected chi connectivity index (χ1v) is 7.67. The van der Waals surface area contributed by atoms with E-state index in [-0.39, 0.29) is 5.41 Å². The Labute approximate surface area is 117 Å². The topological polar surface area (TPSA) is 32.8 Å². The highest BCUT2D eigenvalue weighted by Gasteiger charge is 2.33. The average molecular weight is 268 g/mol. The molecule has 2 unspecified atom stereocenters. The lowest BCUT2D eigenvalue weighted by Gasteiger charge is -2.33. The Morgan fingerprint density at radius 1 is 1.32 bits per heavy atom. The molecule has 0 aromatic heterocycles. The Morgan fingerprint density at radius 3 is 2.68 bits per heavy atom. The van der Waals surface area contributed by atoms with E-state index in [0.717, 1.165) is 58.8 Å². The van der Waals surface area contributed by atoms with Gasteiger partial charge in [0.15, 0.2) is 0 Å². The maximum Gasteiger partial charge on any atom is 0.127 e. The van der Waals surface area contributed by atoms with Crippen molar-refractivity contribution in [3.05, 3.63) is 0 Å². The second-order valence-electron chi connectivity index (χ2n) is 6.35. The molecular formula is C15H28N2O2. The normalized spacial score (nSPS) is 29.3. The number of carbonyl (C=O) groups excluding carboxylic acids is 1. The zero-order chi connectivity index (χ0) is 13.7. The predicted molar refractivity (Wildman–Crippen MR) is 76.3 cm³/mol. The summed E-state index contributed by atoms with van der Waals surface area (Å²) in [5.74, 6) is 0. The van der Waals surface area contributed by atoms with Crippen molar-refractivity contribution >= 4 is 6.29 Å². The standard InChI is InChI=1S/C15H28N2O2/c1-3-5-15(2,13-18)12-16-6-4-14(11-16)17-7-9-19-10-8-17/h13-14H,3-12H2,1-2H3. The van der Waals surface area contributed by atoms with Crippen LogP contribution in [-0.2, 0) is 9.53 Å². The summed E-state index contributed by atoms with van der Waals surface area (Å²) in [4.78, 5) is 16.4. The fourth-order valence-corrected chi connectivity index (χ4v) is 3.45. The van der Waals surface area contributed by atoms with Crippen molar-refractivity contribution in [2.75, 3.05) is 45.9 Å². The van der Waals surface area contributed by atoms with E-state index in [4.69, 9.17) is 4.74 Å².